The smallest absolute Gasteiger partial charge is 0.373 e. The number of anilines is 2. The number of nitrogens with zero attached hydrogens (tertiary/aromatic N) is 3. The molecule has 1 N–H and O–H groups in total. The minimum Gasteiger partial charge on any atom is -0.373 e. The molecule has 0 aromatic carbocycles. The third-order valence-electron chi connectivity index (χ3n) is 3.94. The van der Waals surface area contributed by atoms with E-state index in [0.29, 0.717) is 18.4 Å². The Labute approximate surface area is 122 Å². The van der Waals surface area contributed by atoms with Gasteiger partial charge in [-0.3, -0.25) is 0 Å². The monoisotopic (exact) mass is 302 g/mol. The van der Waals surface area contributed by atoms with Crippen LogP contribution >= 0.6 is 0 Å². The zero-order valence-corrected chi connectivity index (χ0v) is 12.5. The van der Waals surface area contributed by atoms with E-state index in [-0.39, 0.29) is 5.82 Å². The third kappa shape index (κ3) is 3.78. The summed E-state index contributed by atoms with van der Waals surface area (Å²) in [5.41, 5.74) is -0.677. The van der Waals surface area contributed by atoms with Gasteiger partial charge < -0.3 is 15.1 Å². The molecule has 1 aliphatic heterocycles. The highest BCUT2D eigenvalue weighted by atomic mass is 19.4. The normalized spacial score (nSPS) is 19.8. The Morgan fingerprint density at radius 1 is 1.43 bits per heavy atom. The zero-order chi connectivity index (χ0) is 15.6. The number of pyridine rings is 1. The van der Waals surface area contributed by atoms with E-state index in [1.54, 1.807) is 19.0 Å². The standard InChI is InChI=1S/C14H21F3N4/c1-18-12-7-10(14(15,16)17)8-13(19-12)21(3)9-11-5-4-6-20(11)2/h7-8,11H,4-6,9H2,1-3H3,(H,18,19). The lowest BCUT2D eigenvalue weighted by Crippen LogP contribution is -2.37. The lowest BCUT2D eigenvalue weighted by atomic mass is 10.2. The molecule has 0 aliphatic carbocycles. The summed E-state index contributed by atoms with van der Waals surface area (Å²) in [5, 5.41) is 2.69. The third-order valence-corrected chi connectivity index (χ3v) is 3.94. The molecule has 0 saturated carbocycles. The average Bonchev–Trinajstić information content (AvgIpc) is 2.82. The van der Waals surface area contributed by atoms with Gasteiger partial charge in [0, 0.05) is 26.7 Å². The van der Waals surface area contributed by atoms with Gasteiger partial charge >= 0.3 is 6.18 Å². The highest BCUT2D eigenvalue weighted by molar-refractivity contribution is 5.50. The Balaban J connectivity index is 2.21. The summed E-state index contributed by atoms with van der Waals surface area (Å²) >= 11 is 0. The van der Waals surface area contributed by atoms with Crippen molar-refractivity contribution in [2.75, 3.05) is 44.4 Å². The lowest BCUT2D eigenvalue weighted by molar-refractivity contribution is -0.137. The summed E-state index contributed by atoms with van der Waals surface area (Å²) in [7, 11) is 5.40. The van der Waals surface area contributed by atoms with E-state index in [1.807, 2.05) is 7.05 Å². The van der Waals surface area contributed by atoms with Crippen molar-refractivity contribution in [3.8, 4) is 0 Å². The molecule has 21 heavy (non-hydrogen) atoms. The van der Waals surface area contributed by atoms with Crippen LogP contribution in [0.1, 0.15) is 18.4 Å². The summed E-state index contributed by atoms with van der Waals surface area (Å²) in [5.74, 6) is 0.570. The first kappa shape index (κ1) is 15.9. The highest BCUT2D eigenvalue weighted by Crippen LogP contribution is 2.32. The van der Waals surface area contributed by atoms with Gasteiger partial charge in [0.15, 0.2) is 0 Å². The number of rotatable bonds is 4. The van der Waals surface area contributed by atoms with Gasteiger partial charge in [0.25, 0.3) is 0 Å². The van der Waals surface area contributed by atoms with Crippen LogP contribution in [-0.2, 0) is 6.18 Å². The van der Waals surface area contributed by atoms with Gasteiger partial charge in [0.05, 0.1) is 5.56 Å². The summed E-state index contributed by atoms with van der Waals surface area (Å²) in [6.07, 6.45) is -2.17. The molecule has 1 aliphatic rings. The molecule has 7 heteroatoms. The number of halogens is 3. The van der Waals surface area contributed by atoms with Gasteiger partial charge in [0.2, 0.25) is 0 Å². The van der Waals surface area contributed by atoms with Crippen molar-refractivity contribution in [3.05, 3.63) is 17.7 Å². The Morgan fingerprint density at radius 2 is 2.14 bits per heavy atom. The summed E-state index contributed by atoms with van der Waals surface area (Å²) < 4.78 is 38.8. The molecule has 0 amide bonds. The fourth-order valence-electron chi connectivity index (χ4n) is 2.62. The van der Waals surface area contributed by atoms with Crippen LogP contribution in [-0.4, -0.2) is 50.2 Å². The van der Waals surface area contributed by atoms with Gasteiger partial charge in [-0.2, -0.15) is 13.2 Å². The maximum absolute atomic E-state index is 12.9. The minimum absolute atomic E-state index is 0.228. The molecule has 1 aromatic heterocycles. The minimum atomic E-state index is -4.37. The van der Waals surface area contributed by atoms with E-state index in [9.17, 15) is 13.2 Å². The van der Waals surface area contributed by atoms with Crippen molar-refractivity contribution in [1.29, 1.82) is 0 Å². The fourth-order valence-corrected chi connectivity index (χ4v) is 2.62. The highest BCUT2D eigenvalue weighted by Gasteiger charge is 2.32. The second kappa shape index (κ2) is 6.09. The molecule has 2 rings (SSSR count). The Morgan fingerprint density at radius 3 is 2.67 bits per heavy atom. The number of hydrogen-bond acceptors (Lipinski definition) is 4. The Bertz CT molecular complexity index is 490. The van der Waals surface area contributed by atoms with Crippen LogP contribution in [0.4, 0.5) is 24.8 Å². The van der Waals surface area contributed by atoms with E-state index in [2.05, 4.69) is 15.2 Å². The zero-order valence-electron chi connectivity index (χ0n) is 12.5. The van der Waals surface area contributed by atoms with Crippen LogP contribution < -0.4 is 10.2 Å². The molecule has 1 atom stereocenters. The summed E-state index contributed by atoms with van der Waals surface area (Å²) in [4.78, 5) is 8.26. The number of aromatic nitrogens is 1. The van der Waals surface area contributed by atoms with Crippen molar-refractivity contribution < 1.29 is 13.2 Å². The molecule has 1 saturated heterocycles. The predicted octanol–water partition coefficient (Wildman–Crippen LogP) is 2.67. The fraction of sp³-hybridized carbons (Fsp3) is 0.643. The van der Waals surface area contributed by atoms with E-state index in [1.165, 1.54) is 0 Å². The molecular weight excluding hydrogens is 281 g/mol. The van der Waals surface area contributed by atoms with E-state index in [0.717, 1.165) is 31.5 Å². The number of nitrogens with one attached hydrogen (secondary N) is 1. The van der Waals surface area contributed by atoms with Crippen molar-refractivity contribution in [3.63, 3.8) is 0 Å². The van der Waals surface area contributed by atoms with E-state index in [4.69, 9.17) is 0 Å². The summed E-state index contributed by atoms with van der Waals surface area (Å²) in [6, 6.07) is 2.50. The molecular formula is C14H21F3N4. The van der Waals surface area contributed by atoms with Gasteiger partial charge in [-0.15, -0.1) is 0 Å². The molecule has 0 radical (unpaired) electrons. The quantitative estimate of drug-likeness (QED) is 0.926. The molecule has 0 spiro atoms. The van der Waals surface area contributed by atoms with Gasteiger partial charge in [0.1, 0.15) is 11.6 Å². The maximum Gasteiger partial charge on any atom is 0.416 e. The van der Waals surface area contributed by atoms with Crippen molar-refractivity contribution in [1.82, 2.24) is 9.88 Å². The first-order chi connectivity index (χ1) is 9.81. The largest absolute Gasteiger partial charge is 0.416 e. The molecule has 1 unspecified atom stereocenters. The number of alkyl halides is 3. The van der Waals surface area contributed by atoms with Crippen LogP contribution in [0.5, 0.6) is 0 Å². The van der Waals surface area contributed by atoms with Crippen molar-refractivity contribution in [2.45, 2.75) is 25.1 Å². The Kier molecular flexibility index (Phi) is 4.61. The molecule has 2 heterocycles. The second-order valence-corrected chi connectivity index (χ2v) is 5.50. The average molecular weight is 302 g/mol. The maximum atomic E-state index is 12.9. The van der Waals surface area contributed by atoms with Crippen LogP contribution in [0.2, 0.25) is 0 Å². The van der Waals surface area contributed by atoms with Crippen molar-refractivity contribution in [2.24, 2.45) is 0 Å². The van der Waals surface area contributed by atoms with Gasteiger partial charge in [-0.25, -0.2) is 4.98 Å². The van der Waals surface area contributed by atoms with Gasteiger partial charge in [-0.1, -0.05) is 0 Å². The molecule has 1 aromatic rings. The Hall–Kier alpha value is -1.50. The first-order valence-electron chi connectivity index (χ1n) is 6.99. The lowest BCUT2D eigenvalue weighted by Gasteiger charge is -2.27. The van der Waals surface area contributed by atoms with Crippen LogP contribution in [0.3, 0.4) is 0 Å². The second-order valence-electron chi connectivity index (χ2n) is 5.50. The SMILES string of the molecule is CNc1cc(C(F)(F)F)cc(N(C)CC2CCCN2C)n1. The number of likely N-dealkylation sites (N-methyl/N-ethyl adjacent to an activating group) is 2. The van der Waals surface area contributed by atoms with Gasteiger partial charge in [-0.05, 0) is 38.6 Å². The van der Waals surface area contributed by atoms with Crippen LogP contribution in [0, 0.1) is 0 Å². The molecule has 118 valence electrons. The van der Waals surface area contributed by atoms with Crippen LogP contribution in [0.25, 0.3) is 0 Å². The predicted molar refractivity (Wildman–Crippen MR) is 77.7 cm³/mol. The molecule has 4 nitrogen and oxygen atoms in total. The van der Waals surface area contributed by atoms with E-state index >= 15 is 0 Å². The van der Waals surface area contributed by atoms with E-state index < -0.39 is 11.7 Å². The van der Waals surface area contributed by atoms with Crippen molar-refractivity contribution >= 4 is 11.6 Å². The molecule has 1 fully saturated rings. The molecule has 0 bridgehead atoms. The summed E-state index contributed by atoms with van der Waals surface area (Å²) in [6.45, 7) is 1.71. The number of likely N-dealkylation sites (tertiary alicyclic amines) is 1. The van der Waals surface area contributed by atoms with Crippen LogP contribution in [0.15, 0.2) is 12.1 Å². The topological polar surface area (TPSA) is 31.4 Å². The number of hydrogen-bond donors (Lipinski definition) is 1. The first-order valence-corrected chi connectivity index (χ1v) is 6.99.